The summed E-state index contributed by atoms with van der Waals surface area (Å²) < 4.78 is 6.16. The number of rotatable bonds is 2. The highest BCUT2D eigenvalue weighted by atomic mass is 16.5. The average Bonchev–Trinajstić information content (AvgIpc) is 2.55. The molecule has 1 aromatic heterocycles. The van der Waals surface area contributed by atoms with E-state index in [1.807, 2.05) is 0 Å². The summed E-state index contributed by atoms with van der Waals surface area (Å²) in [6.45, 7) is 1.14. The molecule has 3 rings (SSSR count). The third kappa shape index (κ3) is 2.32. The second-order valence-corrected chi connectivity index (χ2v) is 5.05. The quantitative estimate of drug-likeness (QED) is 0.362. The van der Waals surface area contributed by atoms with Crippen LogP contribution in [-0.4, -0.2) is 22.6 Å². The first kappa shape index (κ1) is 15.4. The average molecular weight is 325 g/mol. The number of benzene rings is 1. The molecule has 24 heavy (non-hydrogen) atoms. The zero-order chi connectivity index (χ0) is 17.4. The molecular weight excluding hydrogens is 314 g/mol. The van der Waals surface area contributed by atoms with Gasteiger partial charge in [-0.15, -0.1) is 0 Å². The highest BCUT2D eigenvalue weighted by Gasteiger charge is 2.39. The molecule has 7 heteroatoms. The van der Waals surface area contributed by atoms with E-state index in [2.05, 4.69) is 0 Å². The first-order chi connectivity index (χ1) is 11.4. The number of nitrogens with zero attached hydrogens (tertiary/aromatic N) is 1. The van der Waals surface area contributed by atoms with Crippen LogP contribution in [0.15, 0.2) is 42.7 Å². The number of hydrogen-bond acceptors (Lipinski definition) is 6. The fourth-order valence-electron chi connectivity index (χ4n) is 2.49. The van der Waals surface area contributed by atoms with Crippen LogP contribution in [0, 0.1) is 0 Å². The van der Waals surface area contributed by atoms with Gasteiger partial charge in [0.1, 0.15) is 11.5 Å². The van der Waals surface area contributed by atoms with Crippen LogP contribution in [0.2, 0.25) is 0 Å². The standard InChI is InChI=1S/C17H11NO6/c1-9(19)24-11-6-5-10(20)12-13(11)15(21)14(17(23)16(12)22)18-7-3-2-4-8-18/h2-8H,1H3,(H-,20,21,22,23). The van der Waals surface area contributed by atoms with Crippen molar-refractivity contribution in [3.63, 3.8) is 0 Å². The summed E-state index contributed by atoms with van der Waals surface area (Å²) in [4.78, 5) is 35.9. The van der Waals surface area contributed by atoms with E-state index in [9.17, 15) is 24.6 Å². The van der Waals surface area contributed by atoms with Crippen LogP contribution in [0.1, 0.15) is 22.8 Å². The van der Waals surface area contributed by atoms with Crippen molar-refractivity contribution < 1.29 is 33.9 Å². The number of ketones is 2. The minimum absolute atomic E-state index is 0.185. The van der Waals surface area contributed by atoms with Crippen LogP contribution >= 0.6 is 0 Å². The minimum Gasteiger partial charge on any atom is -0.867 e. The number of aromatic hydroxyl groups is 1. The van der Waals surface area contributed by atoms with E-state index < -0.39 is 40.3 Å². The van der Waals surface area contributed by atoms with E-state index in [4.69, 9.17) is 4.74 Å². The lowest BCUT2D eigenvalue weighted by Gasteiger charge is -2.24. The maximum absolute atomic E-state index is 12.8. The van der Waals surface area contributed by atoms with E-state index in [0.717, 1.165) is 13.0 Å². The lowest BCUT2D eigenvalue weighted by molar-refractivity contribution is -0.579. The zero-order valence-electron chi connectivity index (χ0n) is 12.5. The summed E-state index contributed by atoms with van der Waals surface area (Å²) in [7, 11) is 0. The predicted octanol–water partition coefficient (Wildman–Crippen LogP) is 0.0565. The molecule has 7 nitrogen and oxygen atoms in total. The van der Waals surface area contributed by atoms with Gasteiger partial charge in [-0.25, -0.2) is 0 Å². The summed E-state index contributed by atoms with van der Waals surface area (Å²) in [5.41, 5.74) is -1.16. The van der Waals surface area contributed by atoms with Crippen molar-refractivity contribution in [1.82, 2.24) is 0 Å². The number of pyridine rings is 1. The first-order valence-electron chi connectivity index (χ1n) is 6.93. The smallest absolute Gasteiger partial charge is 0.308 e. The molecule has 1 heterocycles. The molecule has 2 aromatic rings. The molecule has 0 fully saturated rings. The van der Waals surface area contributed by atoms with Gasteiger partial charge < -0.3 is 14.9 Å². The Morgan fingerprint density at radius 1 is 1.08 bits per heavy atom. The first-order valence-corrected chi connectivity index (χ1v) is 6.93. The predicted molar refractivity (Wildman–Crippen MR) is 78.5 cm³/mol. The molecule has 1 aromatic carbocycles. The van der Waals surface area contributed by atoms with Crippen molar-refractivity contribution in [2.24, 2.45) is 0 Å². The topological polar surface area (TPSA) is 108 Å². The van der Waals surface area contributed by atoms with Gasteiger partial charge in [0.05, 0.1) is 5.56 Å². The molecule has 1 N–H and O–H groups in total. The van der Waals surface area contributed by atoms with Crippen LogP contribution in [0.3, 0.4) is 0 Å². The van der Waals surface area contributed by atoms with Gasteiger partial charge in [0, 0.05) is 24.6 Å². The Labute approximate surface area is 136 Å². The number of phenols is 1. The number of ether oxygens (including phenoxy) is 1. The van der Waals surface area contributed by atoms with Crippen molar-refractivity contribution in [2.75, 3.05) is 0 Å². The molecule has 1 aliphatic rings. The maximum atomic E-state index is 12.8. The number of aromatic nitrogens is 1. The van der Waals surface area contributed by atoms with E-state index >= 15 is 0 Å². The van der Waals surface area contributed by atoms with Crippen molar-refractivity contribution in [3.8, 4) is 11.5 Å². The third-order valence-corrected chi connectivity index (χ3v) is 3.46. The number of hydrogen-bond donors (Lipinski definition) is 1. The molecule has 1 aliphatic carbocycles. The molecule has 0 spiro atoms. The van der Waals surface area contributed by atoms with E-state index in [1.54, 1.807) is 18.2 Å². The number of esters is 1. The summed E-state index contributed by atoms with van der Waals surface area (Å²) in [5.74, 6) is -4.30. The molecule has 0 unspecified atom stereocenters. The molecule has 0 saturated heterocycles. The van der Waals surface area contributed by atoms with Gasteiger partial charge in [0.2, 0.25) is 5.78 Å². The van der Waals surface area contributed by atoms with Gasteiger partial charge in [-0.3, -0.25) is 14.4 Å². The van der Waals surface area contributed by atoms with Gasteiger partial charge in [-0.1, -0.05) is 6.07 Å². The Morgan fingerprint density at radius 2 is 1.75 bits per heavy atom. The Hall–Kier alpha value is -3.48. The zero-order valence-corrected chi connectivity index (χ0v) is 12.5. The number of allylic oxidation sites excluding steroid dienone is 1. The summed E-state index contributed by atoms with van der Waals surface area (Å²) >= 11 is 0. The van der Waals surface area contributed by atoms with Crippen LogP contribution in [0.5, 0.6) is 11.5 Å². The number of carbonyl (C=O) groups excluding carboxylic acids is 3. The monoisotopic (exact) mass is 325 g/mol. The van der Waals surface area contributed by atoms with Crippen LogP contribution in [-0.2, 0) is 9.59 Å². The van der Waals surface area contributed by atoms with Crippen molar-refractivity contribution in [1.29, 1.82) is 0 Å². The SMILES string of the molecule is CC(=O)Oc1ccc(O)c2c1C([O-])=C([n+]1ccccc1)C(=O)C2=O. The number of phenolic OH excluding ortho intramolecular Hbond substituents is 1. The van der Waals surface area contributed by atoms with E-state index in [-0.39, 0.29) is 11.3 Å². The second-order valence-electron chi connectivity index (χ2n) is 5.05. The largest absolute Gasteiger partial charge is 0.867 e. The van der Waals surface area contributed by atoms with Gasteiger partial charge in [-0.2, -0.15) is 4.57 Å². The molecule has 0 radical (unpaired) electrons. The molecular formula is C17H11NO6. The lowest BCUT2D eigenvalue weighted by atomic mass is 9.90. The Morgan fingerprint density at radius 3 is 2.38 bits per heavy atom. The summed E-state index contributed by atoms with van der Waals surface area (Å²) in [5, 5.41) is 22.7. The van der Waals surface area contributed by atoms with E-state index in [1.165, 1.54) is 23.0 Å². The van der Waals surface area contributed by atoms with Gasteiger partial charge in [-0.05, 0) is 17.9 Å². The lowest BCUT2D eigenvalue weighted by Crippen LogP contribution is -2.43. The molecule has 0 atom stereocenters. The third-order valence-electron chi connectivity index (χ3n) is 3.46. The van der Waals surface area contributed by atoms with Crippen LogP contribution < -0.4 is 14.4 Å². The summed E-state index contributed by atoms with van der Waals surface area (Å²) in [6.07, 6.45) is 2.88. The second kappa shape index (κ2) is 5.62. The van der Waals surface area contributed by atoms with Gasteiger partial charge >= 0.3 is 5.97 Å². The Kier molecular flexibility index (Phi) is 3.61. The van der Waals surface area contributed by atoms with Gasteiger partial charge in [0.25, 0.3) is 11.5 Å². The molecule has 0 bridgehead atoms. The van der Waals surface area contributed by atoms with E-state index in [0.29, 0.717) is 0 Å². The number of Topliss-reactive ketones (excluding diaryl/α,β-unsaturated/α-hetero) is 2. The fraction of sp³-hybridized carbons (Fsp3) is 0.0588. The molecule has 0 amide bonds. The summed E-state index contributed by atoms with van der Waals surface area (Å²) in [6, 6.07) is 7.15. The normalized spacial score (nSPS) is 13.7. The molecule has 0 aliphatic heterocycles. The van der Waals surface area contributed by atoms with Crippen molar-refractivity contribution in [3.05, 3.63) is 53.9 Å². The van der Waals surface area contributed by atoms with Crippen molar-refractivity contribution in [2.45, 2.75) is 6.92 Å². The van der Waals surface area contributed by atoms with Crippen molar-refractivity contribution >= 4 is 29.0 Å². The fourth-order valence-corrected chi connectivity index (χ4v) is 2.49. The van der Waals surface area contributed by atoms with Gasteiger partial charge in [0.15, 0.2) is 12.4 Å². The highest BCUT2D eigenvalue weighted by molar-refractivity contribution is 6.59. The Bertz CT molecular complexity index is 914. The number of fused-ring (bicyclic) bond motifs is 1. The van der Waals surface area contributed by atoms with Crippen LogP contribution in [0.4, 0.5) is 0 Å². The highest BCUT2D eigenvalue weighted by Crippen LogP contribution is 2.38. The molecule has 0 saturated carbocycles. The van der Waals surface area contributed by atoms with Crippen LogP contribution in [0.25, 0.3) is 11.5 Å². The minimum atomic E-state index is -1.04. The molecule has 120 valence electrons. The number of carbonyl (C=O) groups is 3. The Balaban J connectivity index is 2.35. The maximum Gasteiger partial charge on any atom is 0.308 e.